The molecule has 0 spiro atoms. The highest BCUT2D eigenvalue weighted by molar-refractivity contribution is 5.25. The van der Waals surface area contributed by atoms with Gasteiger partial charge in [-0.2, -0.15) is 0 Å². The molecular formula is C32H63N. The highest BCUT2D eigenvalue weighted by atomic mass is 15.1. The second-order valence-corrected chi connectivity index (χ2v) is 11.6. The van der Waals surface area contributed by atoms with Crippen LogP contribution in [0.25, 0.3) is 0 Å². The van der Waals surface area contributed by atoms with Gasteiger partial charge in [0.05, 0.1) is 0 Å². The Morgan fingerprint density at radius 2 is 1.24 bits per heavy atom. The van der Waals surface area contributed by atoms with Crippen LogP contribution in [-0.4, -0.2) is 24.5 Å². The fraction of sp³-hybridized carbons (Fsp3) is 0.750. The molecule has 196 valence electrons. The lowest BCUT2D eigenvalue weighted by atomic mass is 9.87. The normalized spacial score (nSPS) is 14.0. The highest BCUT2D eigenvalue weighted by Gasteiger charge is 2.19. The van der Waals surface area contributed by atoms with Crippen LogP contribution in [0, 0.1) is 16.7 Å². The van der Waals surface area contributed by atoms with E-state index in [1.165, 1.54) is 30.6 Å². The molecule has 33 heavy (non-hydrogen) atoms. The van der Waals surface area contributed by atoms with Crippen molar-refractivity contribution >= 4 is 0 Å². The van der Waals surface area contributed by atoms with E-state index in [1.54, 1.807) is 5.57 Å². The summed E-state index contributed by atoms with van der Waals surface area (Å²) in [6.45, 7) is 34.5. The summed E-state index contributed by atoms with van der Waals surface area (Å²) in [7, 11) is 0. The third-order valence-electron chi connectivity index (χ3n) is 5.15. The minimum Gasteiger partial charge on any atom is -0.299 e. The van der Waals surface area contributed by atoms with Crippen LogP contribution in [0.1, 0.15) is 128 Å². The number of hydrogen-bond donors (Lipinski definition) is 0. The van der Waals surface area contributed by atoms with Crippen LogP contribution in [0.5, 0.6) is 0 Å². The molecule has 0 aliphatic carbocycles. The molecule has 1 nitrogen and oxygen atoms in total. The predicted molar refractivity (Wildman–Crippen MR) is 157 cm³/mol. The average molecular weight is 462 g/mol. The highest BCUT2D eigenvalue weighted by Crippen LogP contribution is 2.23. The molecule has 1 aliphatic heterocycles. The molecular weight excluding hydrogens is 398 g/mol. The molecule has 2 rings (SSSR count). The minimum absolute atomic E-state index is 0. The van der Waals surface area contributed by atoms with E-state index in [4.69, 9.17) is 0 Å². The van der Waals surface area contributed by atoms with E-state index in [0.717, 1.165) is 18.9 Å². The summed E-state index contributed by atoms with van der Waals surface area (Å²) in [5, 5.41) is 0. The Labute approximate surface area is 211 Å². The predicted octanol–water partition coefficient (Wildman–Crippen LogP) is 10.4. The summed E-state index contributed by atoms with van der Waals surface area (Å²) >= 11 is 0. The monoisotopic (exact) mass is 461 g/mol. The Morgan fingerprint density at radius 1 is 0.758 bits per heavy atom. The van der Waals surface area contributed by atoms with Gasteiger partial charge in [-0.05, 0) is 46.6 Å². The molecule has 1 aromatic rings. The topological polar surface area (TPSA) is 3.24 Å². The van der Waals surface area contributed by atoms with Crippen LogP contribution < -0.4 is 0 Å². The van der Waals surface area contributed by atoms with E-state index in [-0.39, 0.29) is 7.43 Å². The molecule has 1 heterocycles. The van der Waals surface area contributed by atoms with Crippen molar-refractivity contribution in [2.24, 2.45) is 16.7 Å². The molecule has 0 bridgehead atoms. The largest absolute Gasteiger partial charge is 0.299 e. The van der Waals surface area contributed by atoms with Crippen LogP contribution in [0.15, 0.2) is 35.9 Å². The van der Waals surface area contributed by atoms with E-state index in [2.05, 4.69) is 104 Å². The van der Waals surface area contributed by atoms with Gasteiger partial charge >= 0.3 is 0 Å². The smallest absolute Gasteiger partial charge is 0.0166 e. The lowest BCUT2D eigenvalue weighted by Gasteiger charge is -2.32. The van der Waals surface area contributed by atoms with Gasteiger partial charge in [-0.1, -0.05) is 140 Å². The van der Waals surface area contributed by atoms with Crippen LogP contribution in [0.2, 0.25) is 0 Å². The molecule has 0 unspecified atom stereocenters. The Bertz CT molecular complexity index is 591. The summed E-state index contributed by atoms with van der Waals surface area (Å²) < 4.78 is 0. The molecule has 1 aromatic carbocycles. The number of benzene rings is 1. The quantitative estimate of drug-likeness (QED) is 0.403. The average Bonchev–Trinajstić information content (AvgIpc) is 2.70. The molecule has 0 radical (unpaired) electrons. The molecule has 0 atom stereocenters. The molecule has 0 N–H and O–H groups in total. The van der Waals surface area contributed by atoms with Gasteiger partial charge in [-0.25, -0.2) is 0 Å². The number of rotatable bonds is 4. The first kappa shape index (κ1) is 36.5. The lowest BCUT2D eigenvalue weighted by molar-refractivity contribution is 0.201. The fourth-order valence-electron chi connectivity index (χ4n) is 3.70. The molecule has 0 aromatic heterocycles. The van der Waals surface area contributed by atoms with Crippen molar-refractivity contribution in [3.63, 3.8) is 0 Å². The Kier molecular flexibility index (Phi) is 20.2. The zero-order valence-corrected chi connectivity index (χ0v) is 24.5. The van der Waals surface area contributed by atoms with Crippen LogP contribution in [0.4, 0.5) is 0 Å². The van der Waals surface area contributed by atoms with Gasteiger partial charge in [0.25, 0.3) is 0 Å². The van der Waals surface area contributed by atoms with E-state index < -0.39 is 0 Å². The van der Waals surface area contributed by atoms with Gasteiger partial charge < -0.3 is 0 Å². The van der Waals surface area contributed by atoms with Crippen molar-refractivity contribution < 1.29 is 0 Å². The molecule has 0 saturated carbocycles. The van der Waals surface area contributed by atoms with E-state index >= 15 is 0 Å². The summed E-state index contributed by atoms with van der Waals surface area (Å²) in [4.78, 5) is 2.56. The van der Waals surface area contributed by atoms with Gasteiger partial charge in [0.15, 0.2) is 0 Å². The van der Waals surface area contributed by atoms with E-state index in [9.17, 15) is 0 Å². The van der Waals surface area contributed by atoms with Crippen molar-refractivity contribution in [2.45, 2.75) is 123 Å². The number of nitrogens with zero attached hydrogens (tertiary/aromatic N) is 1. The van der Waals surface area contributed by atoms with Crippen LogP contribution in [-0.2, 0) is 6.42 Å². The molecule has 0 amide bonds. The van der Waals surface area contributed by atoms with Gasteiger partial charge in [-0.3, -0.25) is 4.90 Å². The Balaban J connectivity index is -0.000000461. The fourth-order valence-corrected chi connectivity index (χ4v) is 3.70. The zero-order chi connectivity index (χ0) is 25.5. The molecule has 0 saturated heterocycles. The lowest BCUT2D eigenvalue weighted by Crippen LogP contribution is -2.36. The SMILES string of the molecule is C.CC.CC.CC(C)C1=CCN(CC(C)(C)C)CC1.CC(C)c1ccc(CC(C)(C)C)cc1. The summed E-state index contributed by atoms with van der Waals surface area (Å²) in [5.74, 6) is 1.38. The Hall–Kier alpha value is -1.08. The van der Waals surface area contributed by atoms with Crippen LogP contribution >= 0.6 is 0 Å². The van der Waals surface area contributed by atoms with Crippen molar-refractivity contribution in [3.05, 3.63) is 47.0 Å². The van der Waals surface area contributed by atoms with Gasteiger partial charge in [0.1, 0.15) is 0 Å². The van der Waals surface area contributed by atoms with Crippen molar-refractivity contribution in [3.8, 4) is 0 Å². The summed E-state index contributed by atoms with van der Waals surface area (Å²) in [6.07, 6.45) is 4.86. The standard InChI is InChI=1S/C14H22.C13H25N.2C2H6.CH4/c1-11(2)13-8-6-12(7-9-13)10-14(3,4)5;1-11(2)12-6-8-14(9-7-12)10-13(3,4)5;2*1-2;/h6-9,11H,10H2,1-5H3;6,11H,7-10H2,1-5H3;2*1-2H3;1H4. The van der Waals surface area contributed by atoms with Gasteiger partial charge in [0, 0.05) is 19.6 Å². The zero-order valence-electron chi connectivity index (χ0n) is 24.5. The number of hydrogen-bond acceptors (Lipinski definition) is 1. The first-order chi connectivity index (χ1) is 14.8. The molecule has 0 fully saturated rings. The maximum atomic E-state index is 2.56. The maximum Gasteiger partial charge on any atom is 0.0166 e. The second-order valence-electron chi connectivity index (χ2n) is 11.6. The Morgan fingerprint density at radius 3 is 1.55 bits per heavy atom. The first-order valence-electron chi connectivity index (χ1n) is 13.3. The van der Waals surface area contributed by atoms with Crippen molar-refractivity contribution in [2.75, 3.05) is 19.6 Å². The first-order valence-corrected chi connectivity index (χ1v) is 13.3. The molecule has 1 aliphatic rings. The maximum absolute atomic E-state index is 2.56. The van der Waals surface area contributed by atoms with Gasteiger partial charge in [0.2, 0.25) is 0 Å². The minimum atomic E-state index is 0. The van der Waals surface area contributed by atoms with E-state index in [1.807, 2.05) is 27.7 Å². The van der Waals surface area contributed by atoms with Crippen molar-refractivity contribution in [1.82, 2.24) is 4.90 Å². The van der Waals surface area contributed by atoms with E-state index in [0.29, 0.717) is 16.7 Å². The van der Waals surface area contributed by atoms with Gasteiger partial charge in [-0.15, -0.1) is 0 Å². The third kappa shape index (κ3) is 19.0. The van der Waals surface area contributed by atoms with Crippen molar-refractivity contribution in [1.29, 1.82) is 0 Å². The second kappa shape index (κ2) is 18.3. The summed E-state index contributed by atoms with van der Waals surface area (Å²) in [6, 6.07) is 9.04. The third-order valence-corrected chi connectivity index (χ3v) is 5.15. The summed E-state index contributed by atoms with van der Waals surface area (Å²) in [5.41, 5.74) is 5.35. The van der Waals surface area contributed by atoms with Crippen LogP contribution in [0.3, 0.4) is 0 Å². The molecule has 1 heteroatoms.